The molecule has 0 saturated heterocycles. The maximum atomic E-state index is 11.8. The Labute approximate surface area is 107 Å². The molecule has 100 valence electrons. The van der Waals surface area contributed by atoms with Gasteiger partial charge in [0.2, 0.25) is 0 Å². The van der Waals surface area contributed by atoms with Crippen LogP contribution in [0.15, 0.2) is 16.5 Å². The summed E-state index contributed by atoms with van der Waals surface area (Å²) in [6, 6.07) is 3.41. The number of carbonyl (C=O) groups is 1. The van der Waals surface area contributed by atoms with Crippen molar-refractivity contribution < 1.29 is 14.3 Å². The van der Waals surface area contributed by atoms with Gasteiger partial charge in [0.25, 0.3) is 5.91 Å². The van der Waals surface area contributed by atoms with Gasteiger partial charge >= 0.3 is 0 Å². The molecule has 0 aliphatic heterocycles. The normalized spacial score (nSPS) is 19.2. The van der Waals surface area contributed by atoms with E-state index in [1.165, 1.54) is 12.8 Å². The molecule has 0 bridgehead atoms. The van der Waals surface area contributed by atoms with E-state index in [0.29, 0.717) is 18.1 Å². The Morgan fingerprint density at radius 2 is 2.00 bits per heavy atom. The Balaban J connectivity index is 1.88. The van der Waals surface area contributed by atoms with Crippen molar-refractivity contribution in [3.05, 3.63) is 23.7 Å². The fourth-order valence-corrected chi connectivity index (χ4v) is 2.45. The average Bonchev–Trinajstić information content (AvgIpc) is 2.66. The van der Waals surface area contributed by atoms with Gasteiger partial charge in [0, 0.05) is 6.54 Å². The predicted octanol–water partition coefficient (Wildman–Crippen LogP) is 2.40. The Hall–Kier alpha value is -1.29. The van der Waals surface area contributed by atoms with E-state index in [4.69, 9.17) is 4.42 Å². The summed E-state index contributed by atoms with van der Waals surface area (Å²) < 4.78 is 5.25. The van der Waals surface area contributed by atoms with E-state index in [1.54, 1.807) is 19.1 Å². The van der Waals surface area contributed by atoms with Crippen LogP contribution in [0.1, 0.15) is 54.8 Å². The van der Waals surface area contributed by atoms with Crippen LogP contribution in [0, 0.1) is 6.92 Å². The van der Waals surface area contributed by atoms with Gasteiger partial charge in [0.1, 0.15) is 5.76 Å². The van der Waals surface area contributed by atoms with E-state index < -0.39 is 5.60 Å². The Morgan fingerprint density at radius 1 is 1.33 bits per heavy atom. The number of rotatable bonds is 3. The molecule has 1 aliphatic carbocycles. The molecule has 2 N–H and O–H groups in total. The van der Waals surface area contributed by atoms with Crippen LogP contribution in [-0.2, 0) is 0 Å². The minimum atomic E-state index is -0.742. The summed E-state index contributed by atoms with van der Waals surface area (Å²) in [5, 5.41) is 13.2. The van der Waals surface area contributed by atoms with Gasteiger partial charge in [0.15, 0.2) is 5.76 Å². The topological polar surface area (TPSA) is 62.5 Å². The van der Waals surface area contributed by atoms with Crippen LogP contribution in [0.3, 0.4) is 0 Å². The maximum absolute atomic E-state index is 11.8. The number of amides is 1. The van der Waals surface area contributed by atoms with Gasteiger partial charge in [-0.25, -0.2) is 0 Å². The highest BCUT2D eigenvalue weighted by Gasteiger charge is 2.28. The lowest BCUT2D eigenvalue weighted by Gasteiger charge is -2.26. The molecule has 4 nitrogen and oxygen atoms in total. The lowest BCUT2D eigenvalue weighted by molar-refractivity contribution is 0.0243. The summed E-state index contributed by atoms with van der Waals surface area (Å²) in [5.41, 5.74) is -0.742. The molecule has 4 heteroatoms. The molecule has 1 amide bonds. The SMILES string of the molecule is Cc1ccc(C(=O)NCC2(O)CCCCCC2)o1. The first-order valence-electron chi connectivity index (χ1n) is 6.66. The predicted molar refractivity (Wildman–Crippen MR) is 68.4 cm³/mol. The second-order valence-corrected chi connectivity index (χ2v) is 5.23. The smallest absolute Gasteiger partial charge is 0.287 e. The van der Waals surface area contributed by atoms with E-state index in [1.807, 2.05) is 0 Å². The third-order valence-corrected chi connectivity index (χ3v) is 3.58. The first-order chi connectivity index (χ1) is 8.59. The van der Waals surface area contributed by atoms with Crippen LogP contribution >= 0.6 is 0 Å². The molecule has 0 radical (unpaired) electrons. The molecule has 1 aromatic heterocycles. The van der Waals surface area contributed by atoms with E-state index >= 15 is 0 Å². The van der Waals surface area contributed by atoms with Crippen LogP contribution in [0.2, 0.25) is 0 Å². The fourth-order valence-electron chi connectivity index (χ4n) is 2.45. The van der Waals surface area contributed by atoms with Crippen molar-refractivity contribution in [2.75, 3.05) is 6.54 Å². The highest BCUT2D eigenvalue weighted by Crippen LogP contribution is 2.26. The van der Waals surface area contributed by atoms with Crippen molar-refractivity contribution >= 4 is 5.91 Å². The third kappa shape index (κ3) is 3.35. The van der Waals surface area contributed by atoms with Gasteiger partial charge in [-0.15, -0.1) is 0 Å². The Morgan fingerprint density at radius 3 is 2.56 bits per heavy atom. The summed E-state index contributed by atoms with van der Waals surface area (Å²) in [7, 11) is 0. The molecule has 0 atom stereocenters. The maximum Gasteiger partial charge on any atom is 0.287 e. The van der Waals surface area contributed by atoms with Crippen LogP contribution in [0.4, 0.5) is 0 Å². The summed E-state index contributed by atoms with van der Waals surface area (Å²) in [6.45, 7) is 2.11. The number of hydrogen-bond acceptors (Lipinski definition) is 3. The highest BCUT2D eigenvalue weighted by molar-refractivity contribution is 5.91. The minimum Gasteiger partial charge on any atom is -0.456 e. The van der Waals surface area contributed by atoms with E-state index in [0.717, 1.165) is 25.7 Å². The largest absolute Gasteiger partial charge is 0.456 e. The molecule has 1 fully saturated rings. The molecule has 0 spiro atoms. The number of aliphatic hydroxyl groups is 1. The van der Waals surface area contributed by atoms with Crippen molar-refractivity contribution in [3.63, 3.8) is 0 Å². The lowest BCUT2D eigenvalue weighted by atomic mass is 9.94. The molecule has 18 heavy (non-hydrogen) atoms. The van der Waals surface area contributed by atoms with Crippen LogP contribution in [-0.4, -0.2) is 23.2 Å². The van der Waals surface area contributed by atoms with Gasteiger partial charge < -0.3 is 14.8 Å². The zero-order valence-corrected chi connectivity index (χ0v) is 10.9. The molecule has 0 unspecified atom stereocenters. The van der Waals surface area contributed by atoms with Crippen LogP contribution in [0.5, 0.6) is 0 Å². The van der Waals surface area contributed by atoms with Gasteiger partial charge in [-0.2, -0.15) is 0 Å². The average molecular weight is 251 g/mol. The van der Waals surface area contributed by atoms with Crippen molar-refractivity contribution in [2.24, 2.45) is 0 Å². The zero-order chi connectivity index (χ0) is 13.0. The first-order valence-corrected chi connectivity index (χ1v) is 6.66. The van der Waals surface area contributed by atoms with Gasteiger partial charge in [-0.3, -0.25) is 4.79 Å². The number of furan rings is 1. The number of carbonyl (C=O) groups excluding carboxylic acids is 1. The quantitative estimate of drug-likeness (QED) is 0.811. The monoisotopic (exact) mass is 251 g/mol. The summed E-state index contributed by atoms with van der Waals surface area (Å²) >= 11 is 0. The lowest BCUT2D eigenvalue weighted by Crippen LogP contribution is -2.42. The number of aryl methyl sites for hydroxylation is 1. The highest BCUT2D eigenvalue weighted by atomic mass is 16.3. The van der Waals surface area contributed by atoms with Gasteiger partial charge in [-0.05, 0) is 31.9 Å². The van der Waals surface area contributed by atoms with E-state index in [9.17, 15) is 9.90 Å². The molecular weight excluding hydrogens is 230 g/mol. The second kappa shape index (κ2) is 5.57. The van der Waals surface area contributed by atoms with Crippen molar-refractivity contribution in [1.82, 2.24) is 5.32 Å². The Bertz CT molecular complexity index is 403. The van der Waals surface area contributed by atoms with E-state index in [-0.39, 0.29) is 5.91 Å². The molecule has 2 rings (SSSR count). The standard InChI is InChI=1S/C14H21NO3/c1-11-6-7-12(18-11)13(16)15-10-14(17)8-4-2-3-5-9-14/h6-7,17H,2-5,8-10H2,1H3,(H,15,16). The zero-order valence-electron chi connectivity index (χ0n) is 10.9. The molecule has 1 saturated carbocycles. The fraction of sp³-hybridized carbons (Fsp3) is 0.643. The van der Waals surface area contributed by atoms with Gasteiger partial charge in [-0.1, -0.05) is 25.7 Å². The second-order valence-electron chi connectivity index (χ2n) is 5.23. The number of nitrogens with one attached hydrogen (secondary N) is 1. The first kappa shape index (κ1) is 13.1. The van der Waals surface area contributed by atoms with Crippen molar-refractivity contribution in [1.29, 1.82) is 0 Å². The Kier molecular flexibility index (Phi) is 4.07. The van der Waals surface area contributed by atoms with Crippen molar-refractivity contribution in [2.45, 2.75) is 51.0 Å². The summed E-state index contributed by atoms with van der Waals surface area (Å²) in [4.78, 5) is 11.8. The molecular formula is C14H21NO3. The molecule has 0 aromatic carbocycles. The molecule has 1 heterocycles. The molecule has 1 aliphatic rings. The third-order valence-electron chi connectivity index (χ3n) is 3.58. The summed E-state index contributed by atoms with van der Waals surface area (Å²) in [5.74, 6) is 0.777. The van der Waals surface area contributed by atoms with Crippen LogP contribution in [0.25, 0.3) is 0 Å². The minimum absolute atomic E-state index is 0.249. The van der Waals surface area contributed by atoms with Crippen molar-refractivity contribution in [3.8, 4) is 0 Å². The van der Waals surface area contributed by atoms with Crippen LogP contribution < -0.4 is 5.32 Å². The molecule has 1 aromatic rings. The van der Waals surface area contributed by atoms with Gasteiger partial charge in [0.05, 0.1) is 5.60 Å². The number of hydrogen-bond donors (Lipinski definition) is 2. The summed E-state index contributed by atoms with van der Waals surface area (Å²) in [6.07, 6.45) is 5.95. The van der Waals surface area contributed by atoms with E-state index in [2.05, 4.69) is 5.32 Å².